The number of ether oxygens (including phenoxy) is 1. The Labute approximate surface area is 116 Å². The van der Waals surface area contributed by atoms with Crippen LogP contribution in [0.5, 0.6) is 0 Å². The minimum atomic E-state index is -0.188. The summed E-state index contributed by atoms with van der Waals surface area (Å²) in [4.78, 5) is 19.3. The van der Waals surface area contributed by atoms with Crippen molar-refractivity contribution in [2.45, 2.75) is 52.6 Å². The van der Waals surface area contributed by atoms with Gasteiger partial charge in [-0.05, 0) is 29.3 Å². The summed E-state index contributed by atoms with van der Waals surface area (Å²) < 4.78 is 6.10. The number of hydrogen-bond donors (Lipinski definition) is 1. The quantitative estimate of drug-likeness (QED) is 0.927. The molecule has 0 saturated carbocycles. The minimum absolute atomic E-state index is 0.150. The molecule has 1 N–H and O–H groups in total. The normalized spacial score (nSPS) is 13.7. The van der Waals surface area contributed by atoms with Gasteiger partial charge in [-0.1, -0.05) is 27.7 Å². The van der Waals surface area contributed by atoms with Crippen molar-refractivity contribution in [2.24, 2.45) is 0 Å². The van der Waals surface area contributed by atoms with Gasteiger partial charge < -0.3 is 9.72 Å². The predicted molar refractivity (Wildman–Crippen MR) is 75.9 cm³/mol. The van der Waals surface area contributed by atoms with Gasteiger partial charge in [0.2, 0.25) is 0 Å². The molecule has 0 bridgehead atoms. The first-order valence-electron chi connectivity index (χ1n) is 6.23. The number of aromatic nitrogens is 2. The number of H-pyrrole nitrogens is 1. The fourth-order valence-electron chi connectivity index (χ4n) is 1.72. The largest absolute Gasteiger partial charge is 0.371 e. The van der Waals surface area contributed by atoms with Crippen LogP contribution < -0.4 is 5.56 Å². The van der Waals surface area contributed by atoms with Gasteiger partial charge in [-0.15, -0.1) is 0 Å². The molecule has 0 aromatic carbocycles. The SMILES string of the molecule is CCOC(CC)c1nc(C(C)(C)C)c(Br)c(=O)[nH]1. The van der Waals surface area contributed by atoms with E-state index in [0.717, 1.165) is 12.1 Å². The van der Waals surface area contributed by atoms with Crippen LogP contribution in [0.3, 0.4) is 0 Å². The molecule has 1 heterocycles. The molecule has 1 unspecified atom stereocenters. The van der Waals surface area contributed by atoms with Crippen molar-refractivity contribution < 1.29 is 4.74 Å². The molecular weight excluding hydrogens is 296 g/mol. The highest BCUT2D eigenvalue weighted by Crippen LogP contribution is 2.27. The molecule has 0 spiro atoms. The number of nitrogens with one attached hydrogen (secondary N) is 1. The molecule has 0 saturated heterocycles. The molecule has 4 nitrogen and oxygen atoms in total. The van der Waals surface area contributed by atoms with Crippen molar-refractivity contribution >= 4 is 15.9 Å². The van der Waals surface area contributed by atoms with E-state index in [9.17, 15) is 4.79 Å². The van der Waals surface area contributed by atoms with Crippen LogP contribution in [0.1, 0.15) is 58.7 Å². The molecule has 1 aromatic heterocycles. The molecule has 0 aliphatic rings. The second-order valence-corrected chi connectivity index (χ2v) is 6.01. The van der Waals surface area contributed by atoms with Crippen LogP contribution in [-0.4, -0.2) is 16.6 Å². The molecule has 0 fully saturated rings. The summed E-state index contributed by atoms with van der Waals surface area (Å²) in [5, 5.41) is 0. The molecule has 0 aliphatic heterocycles. The van der Waals surface area contributed by atoms with Gasteiger partial charge in [0.15, 0.2) is 0 Å². The van der Waals surface area contributed by atoms with E-state index in [1.807, 2.05) is 34.6 Å². The monoisotopic (exact) mass is 316 g/mol. The summed E-state index contributed by atoms with van der Waals surface area (Å²) >= 11 is 3.31. The lowest BCUT2D eigenvalue weighted by Crippen LogP contribution is -2.25. The second-order valence-electron chi connectivity index (χ2n) is 5.22. The van der Waals surface area contributed by atoms with E-state index >= 15 is 0 Å². The Morgan fingerprint density at radius 3 is 2.44 bits per heavy atom. The molecule has 5 heteroatoms. The Kier molecular flexibility index (Phi) is 5.10. The number of rotatable bonds is 4. The average molecular weight is 317 g/mol. The first-order chi connectivity index (χ1) is 8.31. The molecule has 1 rings (SSSR count). The zero-order valence-electron chi connectivity index (χ0n) is 11.6. The van der Waals surface area contributed by atoms with Gasteiger partial charge in [0.05, 0.1) is 5.69 Å². The number of aromatic amines is 1. The maximum absolute atomic E-state index is 11.9. The van der Waals surface area contributed by atoms with Gasteiger partial charge in [0.25, 0.3) is 5.56 Å². The third-order valence-corrected chi connectivity index (χ3v) is 3.37. The van der Waals surface area contributed by atoms with Crippen molar-refractivity contribution in [3.63, 3.8) is 0 Å². The highest BCUT2D eigenvalue weighted by molar-refractivity contribution is 9.10. The van der Waals surface area contributed by atoms with Crippen LogP contribution in [0.2, 0.25) is 0 Å². The minimum Gasteiger partial charge on any atom is -0.371 e. The molecule has 0 radical (unpaired) electrons. The lowest BCUT2D eigenvalue weighted by atomic mass is 9.92. The molecule has 1 atom stereocenters. The van der Waals surface area contributed by atoms with Crippen molar-refractivity contribution in [2.75, 3.05) is 6.61 Å². The van der Waals surface area contributed by atoms with Gasteiger partial charge in [0.1, 0.15) is 16.4 Å². The van der Waals surface area contributed by atoms with Crippen LogP contribution in [-0.2, 0) is 10.2 Å². The van der Waals surface area contributed by atoms with E-state index < -0.39 is 0 Å². The van der Waals surface area contributed by atoms with Crippen molar-refractivity contribution in [1.29, 1.82) is 0 Å². The van der Waals surface area contributed by atoms with Crippen LogP contribution in [0.4, 0.5) is 0 Å². The molecule has 1 aromatic rings. The summed E-state index contributed by atoms with van der Waals surface area (Å²) in [7, 11) is 0. The average Bonchev–Trinajstić information content (AvgIpc) is 2.28. The highest BCUT2D eigenvalue weighted by Gasteiger charge is 2.24. The number of nitrogens with zero attached hydrogens (tertiary/aromatic N) is 1. The van der Waals surface area contributed by atoms with Crippen molar-refractivity contribution in [3.05, 3.63) is 26.3 Å². The van der Waals surface area contributed by atoms with Crippen LogP contribution in [0, 0.1) is 0 Å². The molecular formula is C13H21BrN2O2. The summed E-state index contributed by atoms with van der Waals surface area (Å²) in [5.74, 6) is 0.609. The lowest BCUT2D eigenvalue weighted by molar-refractivity contribution is 0.0529. The van der Waals surface area contributed by atoms with Gasteiger partial charge in [-0.3, -0.25) is 4.79 Å². The standard InChI is InChI=1S/C13H21BrN2O2/c1-6-8(18-7-2)11-15-10(13(3,4)5)9(14)12(17)16-11/h8H,6-7H2,1-5H3,(H,15,16,17). The van der Waals surface area contributed by atoms with Crippen LogP contribution >= 0.6 is 15.9 Å². The number of halogens is 1. The maximum atomic E-state index is 11.9. The van der Waals surface area contributed by atoms with E-state index in [1.165, 1.54) is 0 Å². The van der Waals surface area contributed by atoms with Gasteiger partial charge >= 0.3 is 0 Å². The Hall–Kier alpha value is -0.680. The number of hydrogen-bond acceptors (Lipinski definition) is 3. The third kappa shape index (κ3) is 3.42. The molecule has 0 aliphatic carbocycles. The smallest absolute Gasteiger partial charge is 0.265 e. The van der Waals surface area contributed by atoms with E-state index in [4.69, 9.17) is 4.74 Å². The van der Waals surface area contributed by atoms with E-state index in [1.54, 1.807) is 0 Å². The first-order valence-corrected chi connectivity index (χ1v) is 7.02. The van der Waals surface area contributed by atoms with Crippen molar-refractivity contribution in [1.82, 2.24) is 9.97 Å². The van der Waals surface area contributed by atoms with Gasteiger partial charge in [-0.25, -0.2) is 4.98 Å². The molecule has 102 valence electrons. The maximum Gasteiger partial charge on any atom is 0.265 e. The van der Waals surface area contributed by atoms with Crippen LogP contribution in [0.15, 0.2) is 9.27 Å². The summed E-state index contributed by atoms with van der Waals surface area (Å²) in [5.41, 5.74) is 0.425. The second kappa shape index (κ2) is 5.97. The Balaban J connectivity index is 3.32. The van der Waals surface area contributed by atoms with E-state index in [2.05, 4.69) is 25.9 Å². The fraction of sp³-hybridized carbons (Fsp3) is 0.692. The Morgan fingerprint density at radius 2 is 2.00 bits per heavy atom. The first kappa shape index (κ1) is 15.4. The predicted octanol–water partition coefficient (Wildman–Crippen LogP) is 3.32. The third-order valence-electron chi connectivity index (χ3n) is 2.64. The summed E-state index contributed by atoms with van der Waals surface area (Å²) in [6.07, 6.45) is 0.624. The lowest BCUT2D eigenvalue weighted by Gasteiger charge is -2.22. The topological polar surface area (TPSA) is 55.0 Å². The zero-order valence-corrected chi connectivity index (χ0v) is 13.2. The highest BCUT2D eigenvalue weighted by atomic mass is 79.9. The Morgan fingerprint density at radius 1 is 1.39 bits per heavy atom. The molecule has 18 heavy (non-hydrogen) atoms. The van der Waals surface area contributed by atoms with Gasteiger partial charge in [0, 0.05) is 12.0 Å². The Bertz CT molecular complexity index is 463. The fourth-order valence-corrected chi connectivity index (χ4v) is 2.50. The van der Waals surface area contributed by atoms with E-state index in [-0.39, 0.29) is 17.1 Å². The van der Waals surface area contributed by atoms with Crippen LogP contribution in [0.25, 0.3) is 0 Å². The van der Waals surface area contributed by atoms with Gasteiger partial charge in [-0.2, -0.15) is 0 Å². The summed E-state index contributed by atoms with van der Waals surface area (Å²) in [6.45, 7) is 10.6. The summed E-state index contributed by atoms with van der Waals surface area (Å²) in [6, 6.07) is 0. The molecule has 0 amide bonds. The van der Waals surface area contributed by atoms with Crippen molar-refractivity contribution in [3.8, 4) is 0 Å². The zero-order chi connectivity index (χ0) is 13.9. The van der Waals surface area contributed by atoms with E-state index in [0.29, 0.717) is 16.9 Å².